The van der Waals surface area contributed by atoms with Crippen LogP contribution in [0.4, 0.5) is 6.01 Å². The number of amides is 1. The standard InChI is InChI=1S/C22H25N3O4S/c1-14(2)17-7-5-16(6-8-17)13-20(26)23-22-25-24-21(29-22)18-9-11-19(12-10-18)30(27,28)15(3)4/h5-12,14-15H,13H2,1-4H3,(H,23,25,26). The zero-order valence-electron chi connectivity index (χ0n) is 17.4. The first-order chi connectivity index (χ1) is 14.2. The smallest absolute Gasteiger partial charge is 0.322 e. The second kappa shape index (κ2) is 8.79. The predicted molar refractivity (Wildman–Crippen MR) is 115 cm³/mol. The minimum absolute atomic E-state index is 0.00678. The summed E-state index contributed by atoms with van der Waals surface area (Å²) in [5.74, 6) is 0.366. The molecule has 0 saturated carbocycles. The van der Waals surface area contributed by atoms with Crippen molar-refractivity contribution in [1.82, 2.24) is 10.2 Å². The van der Waals surface area contributed by atoms with Crippen molar-refractivity contribution < 1.29 is 17.6 Å². The molecule has 1 amide bonds. The van der Waals surface area contributed by atoms with E-state index in [1.165, 1.54) is 17.7 Å². The van der Waals surface area contributed by atoms with Crippen molar-refractivity contribution in [2.24, 2.45) is 0 Å². The lowest BCUT2D eigenvalue weighted by molar-refractivity contribution is -0.115. The highest BCUT2D eigenvalue weighted by Crippen LogP contribution is 2.23. The molecule has 0 aliphatic rings. The quantitative estimate of drug-likeness (QED) is 0.606. The number of sulfone groups is 1. The van der Waals surface area contributed by atoms with E-state index < -0.39 is 15.1 Å². The second-order valence-electron chi connectivity index (χ2n) is 7.65. The van der Waals surface area contributed by atoms with Crippen LogP contribution < -0.4 is 5.32 Å². The minimum atomic E-state index is -3.35. The van der Waals surface area contributed by atoms with Gasteiger partial charge in [0.25, 0.3) is 0 Å². The highest BCUT2D eigenvalue weighted by atomic mass is 32.2. The highest BCUT2D eigenvalue weighted by molar-refractivity contribution is 7.92. The Morgan fingerprint density at radius 2 is 1.60 bits per heavy atom. The largest absolute Gasteiger partial charge is 0.403 e. The van der Waals surface area contributed by atoms with Crippen LogP contribution in [0.3, 0.4) is 0 Å². The molecule has 0 saturated heterocycles. The van der Waals surface area contributed by atoms with E-state index in [0.29, 0.717) is 11.5 Å². The van der Waals surface area contributed by atoms with Gasteiger partial charge in [0.05, 0.1) is 16.6 Å². The average molecular weight is 428 g/mol. The summed E-state index contributed by atoms with van der Waals surface area (Å²) >= 11 is 0. The van der Waals surface area contributed by atoms with E-state index in [4.69, 9.17) is 4.42 Å². The molecular formula is C22H25N3O4S. The van der Waals surface area contributed by atoms with Crippen molar-refractivity contribution in [3.63, 3.8) is 0 Å². The molecule has 0 radical (unpaired) electrons. The van der Waals surface area contributed by atoms with E-state index in [9.17, 15) is 13.2 Å². The van der Waals surface area contributed by atoms with Crippen LogP contribution in [-0.2, 0) is 21.1 Å². The molecular weight excluding hydrogens is 402 g/mol. The fourth-order valence-corrected chi connectivity index (χ4v) is 3.88. The Morgan fingerprint density at radius 3 is 2.17 bits per heavy atom. The normalized spacial score (nSPS) is 11.8. The number of rotatable bonds is 7. The van der Waals surface area contributed by atoms with Crippen LogP contribution in [0, 0.1) is 0 Å². The van der Waals surface area contributed by atoms with E-state index in [2.05, 4.69) is 29.4 Å². The molecule has 0 atom stereocenters. The summed E-state index contributed by atoms with van der Waals surface area (Å²) in [6.45, 7) is 7.50. The molecule has 0 unspecified atom stereocenters. The Hall–Kier alpha value is -3.00. The molecule has 0 aliphatic heterocycles. The maximum absolute atomic E-state index is 12.3. The lowest BCUT2D eigenvalue weighted by atomic mass is 10.0. The second-order valence-corrected chi connectivity index (χ2v) is 10.2. The number of carbonyl (C=O) groups is 1. The number of hydrogen-bond acceptors (Lipinski definition) is 6. The number of carbonyl (C=O) groups excluding carboxylic acids is 1. The van der Waals surface area contributed by atoms with Gasteiger partial charge >= 0.3 is 6.01 Å². The molecule has 3 rings (SSSR count). The molecule has 1 N–H and O–H groups in total. The SMILES string of the molecule is CC(C)c1ccc(CC(=O)Nc2nnc(-c3ccc(S(=O)(=O)C(C)C)cc3)o2)cc1. The Kier molecular flexibility index (Phi) is 6.36. The molecule has 1 aromatic heterocycles. The van der Waals surface area contributed by atoms with Crippen LogP contribution in [0.15, 0.2) is 57.8 Å². The van der Waals surface area contributed by atoms with E-state index in [0.717, 1.165) is 5.56 Å². The first-order valence-corrected chi connectivity index (χ1v) is 11.3. The Labute approximate surface area is 176 Å². The average Bonchev–Trinajstić information content (AvgIpc) is 3.16. The van der Waals surface area contributed by atoms with E-state index in [1.807, 2.05) is 24.3 Å². The van der Waals surface area contributed by atoms with Gasteiger partial charge in [0.15, 0.2) is 9.84 Å². The first kappa shape index (κ1) is 21.7. The maximum Gasteiger partial charge on any atom is 0.322 e. The summed E-state index contributed by atoms with van der Waals surface area (Å²) in [4.78, 5) is 12.5. The molecule has 0 aliphatic carbocycles. The summed E-state index contributed by atoms with van der Waals surface area (Å²) in [6.07, 6.45) is 0.192. The molecule has 0 bridgehead atoms. The molecule has 1 heterocycles. The summed E-state index contributed by atoms with van der Waals surface area (Å²) in [6, 6.07) is 14.1. The molecule has 3 aromatic rings. The summed E-state index contributed by atoms with van der Waals surface area (Å²) in [7, 11) is -3.35. The van der Waals surface area contributed by atoms with Crippen molar-refractivity contribution in [1.29, 1.82) is 0 Å². The van der Waals surface area contributed by atoms with Crippen LogP contribution in [0.1, 0.15) is 44.7 Å². The fourth-order valence-electron chi connectivity index (χ4n) is 2.82. The number of nitrogens with zero attached hydrogens (tertiary/aromatic N) is 2. The highest BCUT2D eigenvalue weighted by Gasteiger charge is 2.19. The monoisotopic (exact) mass is 427 g/mol. The molecule has 8 heteroatoms. The zero-order valence-corrected chi connectivity index (χ0v) is 18.2. The fraction of sp³-hybridized carbons (Fsp3) is 0.318. The lowest BCUT2D eigenvalue weighted by Crippen LogP contribution is -2.14. The van der Waals surface area contributed by atoms with Crippen LogP contribution in [0.2, 0.25) is 0 Å². The number of anilines is 1. The third-order valence-corrected chi connectivity index (χ3v) is 6.90. The molecule has 2 aromatic carbocycles. The summed E-state index contributed by atoms with van der Waals surface area (Å²) < 4.78 is 29.9. The van der Waals surface area contributed by atoms with Gasteiger partial charge in [0.2, 0.25) is 11.8 Å². The van der Waals surface area contributed by atoms with Gasteiger partial charge in [-0.2, -0.15) is 0 Å². The van der Waals surface area contributed by atoms with Gasteiger partial charge < -0.3 is 4.42 Å². The third kappa shape index (κ3) is 4.94. The van der Waals surface area contributed by atoms with Crippen LogP contribution >= 0.6 is 0 Å². The van der Waals surface area contributed by atoms with Gasteiger partial charge in [-0.25, -0.2) is 8.42 Å². The minimum Gasteiger partial charge on any atom is -0.403 e. The first-order valence-electron chi connectivity index (χ1n) is 9.73. The van der Waals surface area contributed by atoms with Gasteiger partial charge in [-0.3, -0.25) is 10.1 Å². The maximum atomic E-state index is 12.3. The molecule has 30 heavy (non-hydrogen) atoms. The van der Waals surface area contributed by atoms with Crippen molar-refractivity contribution in [3.05, 3.63) is 59.7 Å². The van der Waals surface area contributed by atoms with E-state index >= 15 is 0 Å². The third-order valence-electron chi connectivity index (χ3n) is 4.73. The van der Waals surface area contributed by atoms with Gasteiger partial charge in [-0.15, -0.1) is 5.10 Å². The summed E-state index contributed by atoms with van der Waals surface area (Å²) in [5.41, 5.74) is 2.67. The van der Waals surface area contributed by atoms with Gasteiger partial charge in [-0.05, 0) is 55.2 Å². The number of nitrogens with one attached hydrogen (secondary N) is 1. The Balaban J connectivity index is 1.65. The number of aromatic nitrogens is 2. The van der Waals surface area contributed by atoms with E-state index in [1.54, 1.807) is 26.0 Å². The topological polar surface area (TPSA) is 102 Å². The summed E-state index contributed by atoms with van der Waals surface area (Å²) in [5, 5.41) is 9.86. The van der Waals surface area contributed by atoms with Crippen LogP contribution in [0.5, 0.6) is 0 Å². The van der Waals surface area contributed by atoms with Crippen molar-refractivity contribution in [2.75, 3.05) is 5.32 Å². The molecule has 0 fully saturated rings. The molecule has 7 nitrogen and oxygen atoms in total. The molecule has 0 spiro atoms. The van der Waals surface area contributed by atoms with Crippen LogP contribution in [-0.4, -0.2) is 29.8 Å². The van der Waals surface area contributed by atoms with Gasteiger partial charge in [0, 0.05) is 5.56 Å². The van der Waals surface area contributed by atoms with Gasteiger partial charge in [0.1, 0.15) is 0 Å². The number of benzene rings is 2. The van der Waals surface area contributed by atoms with Crippen LogP contribution in [0.25, 0.3) is 11.5 Å². The lowest BCUT2D eigenvalue weighted by Gasteiger charge is -2.07. The number of hydrogen-bond donors (Lipinski definition) is 1. The predicted octanol–water partition coefficient (Wildman–Crippen LogP) is 4.22. The molecule has 158 valence electrons. The van der Waals surface area contributed by atoms with Crippen molar-refractivity contribution in [2.45, 2.75) is 50.2 Å². The van der Waals surface area contributed by atoms with Gasteiger partial charge in [-0.1, -0.05) is 43.2 Å². The van der Waals surface area contributed by atoms with Crippen molar-refractivity contribution in [3.8, 4) is 11.5 Å². The Morgan fingerprint density at radius 1 is 0.967 bits per heavy atom. The van der Waals surface area contributed by atoms with Crippen molar-refractivity contribution >= 4 is 21.8 Å². The zero-order chi connectivity index (χ0) is 21.9. The van der Waals surface area contributed by atoms with E-state index in [-0.39, 0.29) is 29.1 Å². The Bertz CT molecular complexity index is 1120.